The molecule has 170 valence electrons. The van der Waals surface area contributed by atoms with Crippen molar-refractivity contribution in [1.29, 1.82) is 0 Å². The molecule has 0 bridgehead atoms. The third kappa shape index (κ3) is 5.02. The fraction of sp³-hybridized carbons (Fsp3) is 0.0769. The zero-order valence-electron chi connectivity index (χ0n) is 17.9. The maximum absolute atomic E-state index is 12.4. The van der Waals surface area contributed by atoms with E-state index in [1.54, 1.807) is 34.6 Å². The van der Waals surface area contributed by atoms with E-state index < -0.39 is 11.6 Å². The van der Waals surface area contributed by atoms with Gasteiger partial charge in [0.1, 0.15) is 0 Å². The van der Waals surface area contributed by atoms with Crippen molar-refractivity contribution in [2.24, 2.45) is 0 Å². The van der Waals surface area contributed by atoms with E-state index in [9.17, 15) is 29.4 Å². The van der Waals surface area contributed by atoms with E-state index in [2.05, 4.69) is 0 Å². The molecule has 34 heavy (non-hydrogen) atoms. The minimum atomic E-state index is -0.699. The summed E-state index contributed by atoms with van der Waals surface area (Å²) in [5.41, 5.74) is 2.31. The van der Waals surface area contributed by atoms with Gasteiger partial charge in [0.25, 0.3) is 0 Å². The fourth-order valence-electron chi connectivity index (χ4n) is 3.40. The first kappa shape index (κ1) is 22.5. The Balaban J connectivity index is 1.34. The quantitative estimate of drug-likeness (QED) is 0.290. The molecule has 1 aliphatic carbocycles. The summed E-state index contributed by atoms with van der Waals surface area (Å²) in [6.07, 6.45) is 17.9. The normalized spacial score (nSPS) is 17.0. The van der Waals surface area contributed by atoms with E-state index >= 15 is 0 Å². The van der Waals surface area contributed by atoms with Crippen molar-refractivity contribution in [3.05, 3.63) is 108 Å². The second-order valence-corrected chi connectivity index (χ2v) is 7.73. The molecule has 0 spiro atoms. The number of benzene rings is 1. The fourth-order valence-corrected chi connectivity index (χ4v) is 3.40. The molecule has 0 amide bonds. The third-order valence-corrected chi connectivity index (χ3v) is 5.33. The number of ketones is 4. The molecule has 2 aliphatic heterocycles. The lowest BCUT2D eigenvalue weighted by molar-refractivity contribution is -0.131. The number of nitrogens with zero attached hydrogens (tertiary/aromatic N) is 2. The van der Waals surface area contributed by atoms with Crippen molar-refractivity contribution < 1.29 is 29.4 Å². The van der Waals surface area contributed by atoms with Gasteiger partial charge >= 0.3 is 0 Å². The van der Waals surface area contributed by atoms with Crippen LogP contribution in [0.1, 0.15) is 10.4 Å². The molecule has 0 saturated carbocycles. The largest absolute Gasteiger partial charge is 0.504 e. The SMILES string of the molecule is O=C1C=CC(C(=O)CN2C=CC(=C3C=CN(CC(=O)c4ccc(O)c(O)c4)C=C3)C=C2)=CC1=O. The van der Waals surface area contributed by atoms with Crippen LogP contribution in [0.25, 0.3) is 0 Å². The lowest BCUT2D eigenvalue weighted by atomic mass is 10.0. The van der Waals surface area contributed by atoms with Gasteiger partial charge in [0.05, 0.1) is 13.1 Å². The molecular weight excluding hydrogens is 436 g/mol. The van der Waals surface area contributed by atoms with E-state index in [1.165, 1.54) is 24.3 Å². The van der Waals surface area contributed by atoms with Gasteiger partial charge in [-0.3, -0.25) is 19.2 Å². The van der Waals surface area contributed by atoms with Crippen LogP contribution in [0.2, 0.25) is 0 Å². The predicted octanol–water partition coefficient (Wildman–Crippen LogP) is 2.47. The van der Waals surface area contributed by atoms with Crippen molar-refractivity contribution in [1.82, 2.24) is 9.80 Å². The van der Waals surface area contributed by atoms with Crippen molar-refractivity contribution in [3.63, 3.8) is 0 Å². The molecule has 8 nitrogen and oxygen atoms in total. The first-order valence-corrected chi connectivity index (χ1v) is 10.4. The van der Waals surface area contributed by atoms with Gasteiger partial charge < -0.3 is 20.0 Å². The number of phenolic OH excluding ortho intramolecular Hbond substituents is 2. The summed E-state index contributed by atoms with van der Waals surface area (Å²) in [5.74, 6) is -2.45. The highest BCUT2D eigenvalue weighted by atomic mass is 16.3. The molecule has 0 fully saturated rings. The van der Waals surface area contributed by atoms with Gasteiger partial charge in [-0.1, -0.05) is 0 Å². The van der Waals surface area contributed by atoms with Crippen LogP contribution in [-0.2, 0) is 14.4 Å². The van der Waals surface area contributed by atoms with Gasteiger partial charge in [0.15, 0.2) is 23.1 Å². The van der Waals surface area contributed by atoms with Gasteiger partial charge in [-0.25, -0.2) is 0 Å². The molecule has 2 N–H and O–H groups in total. The smallest absolute Gasteiger partial charge is 0.226 e. The van der Waals surface area contributed by atoms with Gasteiger partial charge in [0.2, 0.25) is 11.6 Å². The Kier molecular flexibility index (Phi) is 6.22. The molecule has 0 saturated heterocycles. The van der Waals surface area contributed by atoms with E-state index in [0.29, 0.717) is 5.56 Å². The molecule has 0 atom stereocenters. The van der Waals surface area contributed by atoms with Gasteiger partial charge in [0, 0.05) is 42.0 Å². The number of hydrogen-bond acceptors (Lipinski definition) is 8. The number of phenols is 2. The summed E-state index contributed by atoms with van der Waals surface area (Å²) >= 11 is 0. The zero-order valence-corrected chi connectivity index (χ0v) is 17.9. The first-order valence-electron chi connectivity index (χ1n) is 10.4. The predicted molar refractivity (Wildman–Crippen MR) is 123 cm³/mol. The lowest BCUT2D eigenvalue weighted by Gasteiger charge is -2.21. The van der Waals surface area contributed by atoms with Gasteiger partial charge in [-0.15, -0.1) is 0 Å². The van der Waals surface area contributed by atoms with Gasteiger partial charge in [-0.05, 0) is 65.8 Å². The highest BCUT2D eigenvalue weighted by Crippen LogP contribution is 2.25. The lowest BCUT2D eigenvalue weighted by Crippen LogP contribution is -2.24. The Bertz CT molecular complexity index is 1270. The van der Waals surface area contributed by atoms with Crippen LogP contribution in [0.5, 0.6) is 11.5 Å². The highest BCUT2D eigenvalue weighted by molar-refractivity contribution is 6.47. The van der Waals surface area contributed by atoms with Crippen LogP contribution in [0.4, 0.5) is 0 Å². The molecule has 3 aliphatic rings. The average Bonchev–Trinajstić information content (AvgIpc) is 2.83. The van der Waals surface area contributed by atoms with Crippen LogP contribution in [0.15, 0.2) is 102 Å². The van der Waals surface area contributed by atoms with Gasteiger partial charge in [-0.2, -0.15) is 0 Å². The Morgan fingerprint density at radius 3 is 1.76 bits per heavy atom. The molecule has 1 aromatic carbocycles. The molecule has 1 aromatic rings. The standard InChI is InChI=1S/C26H20N2O6/c29-21-3-1-19(13-23(21)31)25(33)15-27-9-5-17(6-10-27)18-7-11-28(12-8-18)16-26(34)20-2-4-22(30)24(32)14-20/h1-14,29,31H,15-16H2. The Hall–Kier alpha value is -4.72. The number of carbonyl (C=O) groups is 4. The summed E-state index contributed by atoms with van der Waals surface area (Å²) < 4.78 is 0. The molecule has 0 aromatic heterocycles. The minimum Gasteiger partial charge on any atom is -0.504 e. The molecule has 2 heterocycles. The van der Waals surface area contributed by atoms with E-state index in [0.717, 1.165) is 23.3 Å². The molecule has 0 unspecified atom stereocenters. The first-order chi connectivity index (χ1) is 16.3. The molecular formula is C26H20N2O6. The summed E-state index contributed by atoms with van der Waals surface area (Å²) in [5, 5.41) is 18.9. The summed E-state index contributed by atoms with van der Waals surface area (Å²) in [4.78, 5) is 50.9. The van der Waals surface area contributed by atoms with Crippen molar-refractivity contribution >= 4 is 23.1 Å². The monoisotopic (exact) mass is 456 g/mol. The molecule has 8 heteroatoms. The topological polar surface area (TPSA) is 115 Å². The number of aromatic hydroxyl groups is 2. The van der Waals surface area contributed by atoms with Crippen LogP contribution in [0.3, 0.4) is 0 Å². The highest BCUT2D eigenvalue weighted by Gasteiger charge is 2.19. The zero-order chi connectivity index (χ0) is 24.2. The molecule has 0 radical (unpaired) electrons. The number of Topliss-reactive ketones (excluding diaryl/α,β-unsaturated/α-hetero) is 2. The third-order valence-electron chi connectivity index (χ3n) is 5.33. The maximum atomic E-state index is 12.4. The summed E-state index contributed by atoms with van der Waals surface area (Å²) in [6.45, 7) is 0.0986. The Labute approximate surface area is 195 Å². The van der Waals surface area contributed by atoms with Crippen molar-refractivity contribution in [3.8, 4) is 11.5 Å². The Morgan fingerprint density at radius 1 is 0.676 bits per heavy atom. The van der Waals surface area contributed by atoms with E-state index in [1.807, 2.05) is 24.3 Å². The Morgan fingerprint density at radius 2 is 1.24 bits per heavy atom. The average molecular weight is 456 g/mol. The second-order valence-electron chi connectivity index (χ2n) is 7.73. The number of hydrogen-bond donors (Lipinski definition) is 2. The second kappa shape index (κ2) is 9.41. The van der Waals surface area contributed by atoms with Crippen molar-refractivity contribution in [2.45, 2.75) is 0 Å². The number of rotatable bonds is 6. The number of allylic oxidation sites excluding steroid dienone is 9. The van der Waals surface area contributed by atoms with E-state index in [4.69, 9.17) is 0 Å². The number of carbonyl (C=O) groups excluding carboxylic acids is 4. The van der Waals surface area contributed by atoms with E-state index in [-0.39, 0.29) is 41.7 Å². The maximum Gasteiger partial charge on any atom is 0.226 e. The van der Waals surface area contributed by atoms with Crippen LogP contribution >= 0.6 is 0 Å². The summed E-state index contributed by atoms with van der Waals surface area (Å²) in [6, 6.07) is 3.96. The summed E-state index contributed by atoms with van der Waals surface area (Å²) in [7, 11) is 0. The van der Waals surface area contributed by atoms with Crippen molar-refractivity contribution in [2.75, 3.05) is 13.1 Å². The molecule has 4 rings (SSSR count). The van der Waals surface area contributed by atoms with Crippen LogP contribution in [-0.4, -0.2) is 56.2 Å². The van der Waals surface area contributed by atoms with Crippen LogP contribution in [0, 0.1) is 0 Å². The van der Waals surface area contributed by atoms with Crippen LogP contribution < -0.4 is 0 Å². The minimum absolute atomic E-state index is 0.0294.